The van der Waals surface area contributed by atoms with Crippen molar-refractivity contribution in [2.45, 2.75) is 58.4 Å². The first-order chi connectivity index (χ1) is 8.70. The molecule has 1 atom stereocenters. The third-order valence-corrected chi connectivity index (χ3v) is 5.06. The van der Waals surface area contributed by atoms with Gasteiger partial charge < -0.3 is 0 Å². The largest absolute Gasteiger partial charge is 0.269 e. The summed E-state index contributed by atoms with van der Waals surface area (Å²) in [5.74, 6) is 1.41. The molecule has 1 unspecified atom stereocenters. The van der Waals surface area contributed by atoms with E-state index in [1.165, 1.54) is 37.8 Å². The van der Waals surface area contributed by atoms with Crippen LogP contribution in [0.2, 0.25) is 0 Å². The molecule has 0 amide bonds. The number of rotatable bonds is 5. The second-order valence-electron chi connectivity index (χ2n) is 5.94. The number of hydrogen-bond donors (Lipinski definition) is 0. The maximum absolute atomic E-state index is 4.80. The summed E-state index contributed by atoms with van der Waals surface area (Å²) in [6.07, 6.45) is 10.1. The molecule has 1 aliphatic carbocycles. The van der Waals surface area contributed by atoms with Gasteiger partial charge in [-0.15, -0.1) is 0 Å². The van der Waals surface area contributed by atoms with Crippen molar-refractivity contribution in [1.29, 1.82) is 0 Å². The standard InChI is InChI=1S/C15H25BrN2/c1-12(2)13(11-16)10-14-8-9-18(17-14)15-6-4-3-5-7-15/h8-9,12-13,15H,3-7,10-11H2,1-2H3. The molecular weight excluding hydrogens is 288 g/mol. The maximum Gasteiger partial charge on any atom is 0.0627 e. The zero-order valence-corrected chi connectivity index (χ0v) is 13.2. The van der Waals surface area contributed by atoms with E-state index in [4.69, 9.17) is 5.10 Å². The van der Waals surface area contributed by atoms with E-state index in [2.05, 4.69) is 46.7 Å². The quantitative estimate of drug-likeness (QED) is 0.727. The predicted octanol–water partition coefficient (Wildman–Crippen LogP) is 4.60. The molecule has 1 aromatic rings. The molecule has 1 saturated carbocycles. The average Bonchev–Trinajstić information content (AvgIpc) is 2.85. The number of aromatic nitrogens is 2. The van der Waals surface area contributed by atoms with Crippen molar-refractivity contribution in [2.24, 2.45) is 11.8 Å². The topological polar surface area (TPSA) is 17.8 Å². The van der Waals surface area contributed by atoms with E-state index in [0.29, 0.717) is 17.9 Å². The molecule has 0 aliphatic heterocycles. The van der Waals surface area contributed by atoms with E-state index in [1.807, 2.05) is 0 Å². The van der Waals surface area contributed by atoms with E-state index in [1.54, 1.807) is 0 Å². The molecule has 2 nitrogen and oxygen atoms in total. The smallest absolute Gasteiger partial charge is 0.0627 e. The van der Waals surface area contributed by atoms with Crippen molar-refractivity contribution in [3.8, 4) is 0 Å². The van der Waals surface area contributed by atoms with Gasteiger partial charge in [0.25, 0.3) is 0 Å². The van der Waals surface area contributed by atoms with Gasteiger partial charge in [-0.1, -0.05) is 49.0 Å². The Kier molecular flexibility index (Phi) is 5.28. The summed E-state index contributed by atoms with van der Waals surface area (Å²) in [7, 11) is 0. The van der Waals surface area contributed by atoms with Crippen LogP contribution in [0.4, 0.5) is 0 Å². The number of hydrogen-bond acceptors (Lipinski definition) is 1. The lowest BCUT2D eigenvalue weighted by Crippen LogP contribution is -2.16. The molecule has 0 saturated heterocycles. The van der Waals surface area contributed by atoms with Crippen LogP contribution in [0.15, 0.2) is 12.3 Å². The minimum absolute atomic E-state index is 0.661. The summed E-state index contributed by atoms with van der Waals surface area (Å²) >= 11 is 3.62. The fraction of sp³-hybridized carbons (Fsp3) is 0.800. The predicted molar refractivity (Wildman–Crippen MR) is 80.2 cm³/mol. The highest BCUT2D eigenvalue weighted by molar-refractivity contribution is 9.09. The zero-order chi connectivity index (χ0) is 13.0. The third-order valence-electron chi connectivity index (χ3n) is 4.22. The van der Waals surface area contributed by atoms with E-state index in [0.717, 1.165) is 11.8 Å². The van der Waals surface area contributed by atoms with Crippen molar-refractivity contribution < 1.29 is 0 Å². The molecule has 3 heteroatoms. The maximum atomic E-state index is 4.80. The highest BCUT2D eigenvalue weighted by atomic mass is 79.9. The van der Waals surface area contributed by atoms with Crippen molar-refractivity contribution in [3.63, 3.8) is 0 Å². The molecule has 1 aromatic heterocycles. The van der Waals surface area contributed by atoms with Gasteiger partial charge >= 0.3 is 0 Å². The second-order valence-corrected chi connectivity index (χ2v) is 6.59. The Morgan fingerprint density at radius 3 is 2.67 bits per heavy atom. The van der Waals surface area contributed by atoms with Crippen LogP contribution >= 0.6 is 15.9 Å². The van der Waals surface area contributed by atoms with Gasteiger partial charge in [-0.05, 0) is 37.2 Å². The van der Waals surface area contributed by atoms with Gasteiger partial charge in [0, 0.05) is 11.5 Å². The number of nitrogens with zero attached hydrogens (tertiary/aromatic N) is 2. The summed E-state index contributed by atoms with van der Waals surface area (Å²) in [4.78, 5) is 0. The summed E-state index contributed by atoms with van der Waals surface area (Å²) < 4.78 is 2.22. The minimum Gasteiger partial charge on any atom is -0.269 e. The summed E-state index contributed by atoms with van der Waals surface area (Å²) in [5, 5.41) is 5.87. The molecular formula is C15H25BrN2. The van der Waals surface area contributed by atoms with Crippen molar-refractivity contribution in [2.75, 3.05) is 5.33 Å². The van der Waals surface area contributed by atoms with Gasteiger partial charge in [0.15, 0.2) is 0 Å². The van der Waals surface area contributed by atoms with Gasteiger partial charge in [0.1, 0.15) is 0 Å². The Morgan fingerprint density at radius 1 is 1.33 bits per heavy atom. The molecule has 2 rings (SSSR count). The van der Waals surface area contributed by atoms with Crippen molar-refractivity contribution in [1.82, 2.24) is 9.78 Å². The van der Waals surface area contributed by atoms with Gasteiger partial charge in [-0.2, -0.15) is 5.10 Å². The SMILES string of the molecule is CC(C)C(CBr)Cc1ccn(C2CCCCC2)n1. The van der Waals surface area contributed by atoms with Gasteiger partial charge in [-0.25, -0.2) is 0 Å². The lowest BCUT2D eigenvalue weighted by Gasteiger charge is -2.22. The molecule has 0 radical (unpaired) electrons. The third kappa shape index (κ3) is 3.59. The minimum atomic E-state index is 0.661. The fourth-order valence-corrected chi connectivity index (χ4v) is 3.75. The summed E-state index contributed by atoms with van der Waals surface area (Å²) in [5.41, 5.74) is 1.26. The van der Waals surface area contributed by atoms with Crippen molar-refractivity contribution in [3.05, 3.63) is 18.0 Å². The van der Waals surface area contributed by atoms with Crippen LogP contribution in [-0.2, 0) is 6.42 Å². The van der Waals surface area contributed by atoms with E-state index in [9.17, 15) is 0 Å². The molecule has 0 spiro atoms. The van der Waals surface area contributed by atoms with Gasteiger partial charge in [0.2, 0.25) is 0 Å². The van der Waals surface area contributed by atoms with Crippen LogP contribution in [0.5, 0.6) is 0 Å². The summed E-state index contributed by atoms with van der Waals surface area (Å²) in [6, 6.07) is 2.88. The van der Waals surface area contributed by atoms with Gasteiger partial charge in [0.05, 0.1) is 11.7 Å². The zero-order valence-electron chi connectivity index (χ0n) is 11.6. The molecule has 1 heterocycles. The van der Waals surface area contributed by atoms with Gasteiger partial charge in [-0.3, -0.25) is 4.68 Å². The lowest BCUT2D eigenvalue weighted by molar-refractivity contribution is 0.326. The highest BCUT2D eigenvalue weighted by Gasteiger charge is 2.18. The fourth-order valence-electron chi connectivity index (χ4n) is 2.77. The average molecular weight is 313 g/mol. The normalized spacial score (nSPS) is 19.3. The Balaban J connectivity index is 1.96. The van der Waals surface area contributed by atoms with Crippen LogP contribution in [0.1, 0.15) is 57.7 Å². The first kappa shape index (κ1) is 14.1. The Labute approximate surface area is 119 Å². The van der Waals surface area contributed by atoms with Crippen molar-refractivity contribution >= 4 is 15.9 Å². The van der Waals surface area contributed by atoms with E-state index in [-0.39, 0.29) is 0 Å². The van der Waals surface area contributed by atoms with Crippen LogP contribution in [-0.4, -0.2) is 15.1 Å². The first-order valence-electron chi connectivity index (χ1n) is 7.30. The Bertz CT molecular complexity index is 353. The number of alkyl halides is 1. The lowest BCUT2D eigenvalue weighted by atomic mass is 9.93. The Hall–Kier alpha value is -0.310. The highest BCUT2D eigenvalue weighted by Crippen LogP contribution is 2.28. The monoisotopic (exact) mass is 312 g/mol. The van der Waals surface area contributed by atoms with Crippen LogP contribution in [0.3, 0.4) is 0 Å². The molecule has 102 valence electrons. The molecule has 0 aromatic carbocycles. The molecule has 1 fully saturated rings. The van der Waals surface area contributed by atoms with E-state index >= 15 is 0 Å². The van der Waals surface area contributed by atoms with Crippen LogP contribution in [0.25, 0.3) is 0 Å². The first-order valence-corrected chi connectivity index (χ1v) is 8.43. The molecule has 1 aliphatic rings. The summed E-state index contributed by atoms with van der Waals surface area (Å²) in [6.45, 7) is 4.59. The van der Waals surface area contributed by atoms with Crippen LogP contribution < -0.4 is 0 Å². The molecule has 0 N–H and O–H groups in total. The Morgan fingerprint density at radius 2 is 2.06 bits per heavy atom. The molecule has 18 heavy (non-hydrogen) atoms. The number of halogens is 1. The molecule has 0 bridgehead atoms. The van der Waals surface area contributed by atoms with Crippen LogP contribution in [0, 0.1) is 11.8 Å². The van der Waals surface area contributed by atoms with E-state index < -0.39 is 0 Å². The second kappa shape index (κ2) is 6.74.